The van der Waals surface area contributed by atoms with Gasteiger partial charge in [0.05, 0.1) is 28.1 Å². The highest BCUT2D eigenvalue weighted by Crippen LogP contribution is 2.34. The van der Waals surface area contributed by atoms with Crippen LogP contribution in [-0.4, -0.2) is 47.1 Å². The molecule has 5 heteroatoms. The maximum absolute atomic E-state index is 5.36. The van der Waals surface area contributed by atoms with E-state index >= 15 is 0 Å². The Labute approximate surface area is 108 Å². The van der Waals surface area contributed by atoms with E-state index in [1.165, 1.54) is 0 Å². The highest BCUT2D eigenvalue weighted by Gasteiger charge is 2.13. The molecule has 1 aromatic rings. The van der Waals surface area contributed by atoms with Crippen molar-refractivity contribution in [3.8, 4) is 17.2 Å². The van der Waals surface area contributed by atoms with Crippen LogP contribution in [0.15, 0.2) is 12.1 Å². The predicted octanol–water partition coefficient (Wildman–Crippen LogP) is 1.75. The molecule has 0 aliphatic rings. The van der Waals surface area contributed by atoms with Crippen molar-refractivity contribution in [3.63, 3.8) is 0 Å². The van der Waals surface area contributed by atoms with Crippen LogP contribution in [0.4, 0.5) is 0 Å². The average molecular weight is 255 g/mol. The Morgan fingerprint density at radius 3 is 1.94 bits per heavy atom. The molecule has 1 rings (SSSR count). The van der Waals surface area contributed by atoms with Gasteiger partial charge in [-0.25, -0.2) is 0 Å². The van der Waals surface area contributed by atoms with Crippen LogP contribution in [0.1, 0.15) is 5.56 Å². The number of rotatable bonds is 7. The zero-order valence-electron chi connectivity index (χ0n) is 11.6. The maximum Gasteiger partial charge on any atom is 0.164 e. The van der Waals surface area contributed by atoms with E-state index in [9.17, 15) is 0 Å². The molecule has 0 aliphatic heterocycles. The second-order valence-electron chi connectivity index (χ2n) is 3.95. The lowest BCUT2D eigenvalue weighted by Crippen LogP contribution is -2.20. The first-order valence-electron chi connectivity index (χ1n) is 5.62. The Morgan fingerprint density at radius 2 is 1.44 bits per heavy atom. The summed E-state index contributed by atoms with van der Waals surface area (Å²) in [7, 11) is 8.50. The Balaban J connectivity index is 3.01. The summed E-state index contributed by atoms with van der Waals surface area (Å²) in [5.74, 6) is 2.13. The summed E-state index contributed by atoms with van der Waals surface area (Å²) in [6.07, 6.45) is 0. The van der Waals surface area contributed by atoms with E-state index in [0.717, 1.165) is 11.3 Å². The van der Waals surface area contributed by atoms with Gasteiger partial charge in [-0.1, -0.05) is 0 Å². The fourth-order valence-corrected chi connectivity index (χ4v) is 1.77. The van der Waals surface area contributed by atoms with E-state index in [0.29, 0.717) is 24.8 Å². The summed E-state index contributed by atoms with van der Waals surface area (Å²) in [6.45, 7) is 1.26. The van der Waals surface area contributed by atoms with E-state index in [1.54, 1.807) is 28.4 Å². The Morgan fingerprint density at radius 1 is 0.889 bits per heavy atom. The van der Waals surface area contributed by atoms with Crippen LogP contribution in [0.2, 0.25) is 0 Å². The quantitative estimate of drug-likeness (QED) is 0.694. The first kappa shape index (κ1) is 14.6. The molecule has 0 saturated heterocycles. The molecule has 0 amide bonds. The van der Waals surface area contributed by atoms with Gasteiger partial charge in [0.25, 0.3) is 0 Å². The lowest BCUT2D eigenvalue weighted by molar-refractivity contribution is 0.0766. The summed E-state index contributed by atoms with van der Waals surface area (Å²) in [6, 6.07) is 3.75. The Bertz CT molecular complexity index is 381. The standard InChI is InChI=1S/C13H21NO4/c1-14(9-15-2)8-10-6-12(17-4)13(18-5)7-11(10)16-3/h6-7H,8-9H2,1-5H3. The minimum Gasteiger partial charge on any atom is -0.496 e. The van der Waals surface area contributed by atoms with Crippen molar-refractivity contribution in [3.05, 3.63) is 17.7 Å². The summed E-state index contributed by atoms with van der Waals surface area (Å²) in [4.78, 5) is 2.03. The van der Waals surface area contributed by atoms with Gasteiger partial charge in [-0.2, -0.15) is 0 Å². The van der Waals surface area contributed by atoms with Gasteiger partial charge in [-0.15, -0.1) is 0 Å². The van der Waals surface area contributed by atoms with E-state index in [-0.39, 0.29) is 0 Å². The number of methoxy groups -OCH3 is 4. The molecule has 0 aromatic heterocycles. The number of hydrogen-bond donors (Lipinski definition) is 0. The van der Waals surface area contributed by atoms with Crippen LogP contribution in [0.5, 0.6) is 17.2 Å². The summed E-state index contributed by atoms with van der Waals surface area (Å²) < 4.78 is 21.0. The second-order valence-corrected chi connectivity index (χ2v) is 3.95. The Hall–Kier alpha value is -1.46. The van der Waals surface area contributed by atoms with Gasteiger partial charge in [-0.3, -0.25) is 4.90 Å². The van der Waals surface area contributed by atoms with Gasteiger partial charge in [0, 0.05) is 25.3 Å². The zero-order chi connectivity index (χ0) is 13.5. The van der Waals surface area contributed by atoms with E-state index in [4.69, 9.17) is 18.9 Å². The van der Waals surface area contributed by atoms with Crippen LogP contribution in [-0.2, 0) is 11.3 Å². The van der Waals surface area contributed by atoms with Crippen molar-refractivity contribution >= 4 is 0 Å². The summed E-state index contributed by atoms with van der Waals surface area (Å²) in [5.41, 5.74) is 1.02. The van der Waals surface area contributed by atoms with Crippen LogP contribution >= 0.6 is 0 Å². The van der Waals surface area contributed by atoms with Crippen LogP contribution in [0.3, 0.4) is 0 Å². The SMILES string of the molecule is COCN(C)Cc1cc(OC)c(OC)cc1OC. The largest absolute Gasteiger partial charge is 0.496 e. The van der Waals surface area contributed by atoms with Crippen molar-refractivity contribution in [2.45, 2.75) is 6.54 Å². The molecule has 18 heavy (non-hydrogen) atoms. The molecular formula is C13H21NO4. The third-order valence-corrected chi connectivity index (χ3v) is 2.58. The molecule has 0 bridgehead atoms. The predicted molar refractivity (Wildman–Crippen MR) is 69.4 cm³/mol. The lowest BCUT2D eigenvalue weighted by atomic mass is 10.1. The van der Waals surface area contributed by atoms with Crippen molar-refractivity contribution in [1.82, 2.24) is 4.90 Å². The Kier molecular flexibility index (Phi) is 5.74. The number of nitrogens with zero attached hydrogens (tertiary/aromatic N) is 1. The number of hydrogen-bond acceptors (Lipinski definition) is 5. The van der Waals surface area contributed by atoms with Crippen molar-refractivity contribution in [2.24, 2.45) is 0 Å². The smallest absolute Gasteiger partial charge is 0.164 e. The van der Waals surface area contributed by atoms with Gasteiger partial charge in [0.15, 0.2) is 11.5 Å². The van der Waals surface area contributed by atoms with E-state index < -0.39 is 0 Å². The van der Waals surface area contributed by atoms with Crippen LogP contribution in [0.25, 0.3) is 0 Å². The van der Waals surface area contributed by atoms with Crippen molar-refractivity contribution in [2.75, 3.05) is 42.2 Å². The monoisotopic (exact) mass is 255 g/mol. The van der Waals surface area contributed by atoms with Gasteiger partial charge >= 0.3 is 0 Å². The third kappa shape index (κ3) is 3.51. The molecular weight excluding hydrogens is 234 g/mol. The normalized spacial score (nSPS) is 10.6. The van der Waals surface area contributed by atoms with E-state index in [1.807, 2.05) is 24.1 Å². The molecule has 0 fully saturated rings. The molecule has 0 N–H and O–H groups in total. The second kappa shape index (κ2) is 7.08. The molecule has 1 aromatic carbocycles. The van der Waals surface area contributed by atoms with Gasteiger partial charge < -0.3 is 18.9 Å². The number of benzene rings is 1. The van der Waals surface area contributed by atoms with Crippen LogP contribution in [0, 0.1) is 0 Å². The minimum atomic E-state index is 0.553. The highest BCUT2D eigenvalue weighted by molar-refractivity contribution is 5.50. The molecule has 0 spiro atoms. The first-order valence-corrected chi connectivity index (χ1v) is 5.62. The van der Waals surface area contributed by atoms with Crippen molar-refractivity contribution < 1.29 is 18.9 Å². The molecule has 5 nitrogen and oxygen atoms in total. The van der Waals surface area contributed by atoms with E-state index in [2.05, 4.69) is 0 Å². The zero-order valence-corrected chi connectivity index (χ0v) is 11.6. The molecule has 0 aliphatic carbocycles. The van der Waals surface area contributed by atoms with Gasteiger partial charge in [-0.05, 0) is 13.1 Å². The molecule has 0 heterocycles. The van der Waals surface area contributed by atoms with Crippen LogP contribution < -0.4 is 14.2 Å². The summed E-state index contributed by atoms with van der Waals surface area (Å²) >= 11 is 0. The minimum absolute atomic E-state index is 0.553. The lowest BCUT2D eigenvalue weighted by Gasteiger charge is -2.19. The fraction of sp³-hybridized carbons (Fsp3) is 0.538. The molecule has 0 radical (unpaired) electrons. The van der Waals surface area contributed by atoms with Crippen molar-refractivity contribution in [1.29, 1.82) is 0 Å². The molecule has 102 valence electrons. The third-order valence-electron chi connectivity index (χ3n) is 2.58. The molecule has 0 atom stereocenters. The van der Waals surface area contributed by atoms with Gasteiger partial charge in [0.1, 0.15) is 5.75 Å². The fourth-order valence-electron chi connectivity index (χ4n) is 1.77. The highest BCUT2D eigenvalue weighted by atomic mass is 16.5. The molecule has 0 unspecified atom stereocenters. The summed E-state index contributed by atoms with van der Waals surface area (Å²) in [5, 5.41) is 0. The number of ether oxygens (including phenoxy) is 4. The maximum atomic E-state index is 5.36. The topological polar surface area (TPSA) is 40.2 Å². The first-order chi connectivity index (χ1) is 8.65. The molecule has 0 saturated carbocycles. The average Bonchev–Trinajstić information content (AvgIpc) is 2.38. The van der Waals surface area contributed by atoms with Gasteiger partial charge in [0.2, 0.25) is 0 Å².